The maximum Gasteiger partial charge on any atom is 0.214 e. The Morgan fingerprint density at radius 1 is 1.21 bits per heavy atom. The molecule has 132 valence electrons. The summed E-state index contributed by atoms with van der Waals surface area (Å²) >= 11 is 0. The summed E-state index contributed by atoms with van der Waals surface area (Å²) in [5.74, 6) is 0.871. The van der Waals surface area contributed by atoms with Crippen LogP contribution in [0.4, 0.5) is 0 Å². The lowest BCUT2D eigenvalue weighted by Crippen LogP contribution is -2.40. The van der Waals surface area contributed by atoms with E-state index in [1.165, 1.54) is 22.2 Å². The minimum Gasteiger partial charge on any atom is -0.358 e. The normalized spacial score (nSPS) is 17.6. The zero-order chi connectivity index (χ0) is 17.2. The van der Waals surface area contributed by atoms with Crippen LogP contribution >= 0.6 is 0 Å². The number of nitrogens with one attached hydrogen (secondary N) is 1. The van der Waals surface area contributed by atoms with E-state index in [4.69, 9.17) is 0 Å². The highest BCUT2D eigenvalue weighted by atomic mass is 32.2. The number of hydrogen-bond acceptors (Lipinski definition) is 2. The summed E-state index contributed by atoms with van der Waals surface area (Å²) in [5, 5.41) is 1.31. The molecule has 1 saturated heterocycles. The molecule has 0 saturated carbocycles. The molecule has 1 aliphatic rings. The van der Waals surface area contributed by atoms with Crippen LogP contribution in [0.2, 0.25) is 0 Å². The van der Waals surface area contributed by atoms with E-state index >= 15 is 0 Å². The second-order valence-electron chi connectivity index (χ2n) is 6.99. The largest absolute Gasteiger partial charge is 0.358 e. The standard InChI is InChI=1S/C19H28N2O2S/c1-3-4-13-24(22,23)21-11-9-16(10-12-21)14-18-15(2)20-19-8-6-5-7-17(18)19/h5-8,16,20H,3-4,9-14H2,1-2H3. The number of aryl methyl sites for hydroxylation is 1. The lowest BCUT2D eigenvalue weighted by atomic mass is 9.90. The van der Waals surface area contributed by atoms with Crippen molar-refractivity contribution in [2.24, 2.45) is 5.92 Å². The molecule has 1 aliphatic heterocycles. The highest BCUT2D eigenvalue weighted by Crippen LogP contribution is 2.29. The molecule has 1 N–H and O–H groups in total. The third kappa shape index (κ3) is 3.67. The van der Waals surface area contributed by atoms with Crippen LogP contribution in [0.3, 0.4) is 0 Å². The van der Waals surface area contributed by atoms with E-state index in [0.717, 1.165) is 32.1 Å². The second kappa shape index (κ2) is 7.28. The minimum absolute atomic E-state index is 0.301. The van der Waals surface area contributed by atoms with E-state index < -0.39 is 10.0 Å². The lowest BCUT2D eigenvalue weighted by molar-refractivity contribution is 0.273. The van der Waals surface area contributed by atoms with Crippen molar-refractivity contribution in [1.82, 2.24) is 9.29 Å². The smallest absolute Gasteiger partial charge is 0.214 e. The molecular formula is C19H28N2O2S. The Kier molecular flexibility index (Phi) is 5.30. The maximum atomic E-state index is 12.3. The number of rotatable bonds is 6. The van der Waals surface area contributed by atoms with Gasteiger partial charge >= 0.3 is 0 Å². The van der Waals surface area contributed by atoms with Crippen molar-refractivity contribution in [2.45, 2.75) is 46.0 Å². The fourth-order valence-corrected chi connectivity index (χ4v) is 5.41. The van der Waals surface area contributed by atoms with Crippen LogP contribution in [-0.4, -0.2) is 36.5 Å². The zero-order valence-corrected chi connectivity index (χ0v) is 15.5. The summed E-state index contributed by atoms with van der Waals surface area (Å²) in [6.07, 6.45) is 4.65. The Labute approximate surface area is 145 Å². The fraction of sp³-hybridized carbons (Fsp3) is 0.579. The number of piperidine rings is 1. The van der Waals surface area contributed by atoms with Gasteiger partial charge in [-0.05, 0) is 50.2 Å². The summed E-state index contributed by atoms with van der Waals surface area (Å²) in [5.41, 5.74) is 3.84. The summed E-state index contributed by atoms with van der Waals surface area (Å²) in [6.45, 7) is 5.53. The first-order valence-electron chi connectivity index (χ1n) is 9.05. The van der Waals surface area contributed by atoms with Crippen molar-refractivity contribution >= 4 is 20.9 Å². The van der Waals surface area contributed by atoms with Crippen LogP contribution in [-0.2, 0) is 16.4 Å². The molecule has 0 amide bonds. The van der Waals surface area contributed by atoms with Gasteiger partial charge in [0.2, 0.25) is 10.0 Å². The molecule has 1 aromatic heterocycles. The SMILES string of the molecule is CCCCS(=O)(=O)N1CCC(Cc2c(C)[nH]c3ccccc23)CC1. The van der Waals surface area contributed by atoms with Crippen LogP contribution in [0.25, 0.3) is 10.9 Å². The molecule has 2 heterocycles. The molecule has 3 rings (SSSR count). The second-order valence-corrected chi connectivity index (χ2v) is 9.08. The van der Waals surface area contributed by atoms with Gasteiger partial charge in [-0.3, -0.25) is 0 Å². The zero-order valence-electron chi connectivity index (χ0n) is 14.7. The number of aromatic amines is 1. The summed E-state index contributed by atoms with van der Waals surface area (Å²) in [6, 6.07) is 8.44. The number of para-hydroxylation sites is 1. The molecule has 5 heteroatoms. The predicted molar refractivity (Wildman–Crippen MR) is 99.7 cm³/mol. The van der Waals surface area contributed by atoms with E-state index in [1.54, 1.807) is 4.31 Å². The van der Waals surface area contributed by atoms with Crippen LogP contribution in [0.1, 0.15) is 43.9 Å². The van der Waals surface area contributed by atoms with Crippen LogP contribution < -0.4 is 0 Å². The Morgan fingerprint density at radius 3 is 2.62 bits per heavy atom. The van der Waals surface area contributed by atoms with E-state index in [0.29, 0.717) is 24.8 Å². The number of H-pyrrole nitrogens is 1. The van der Waals surface area contributed by atoms with E-state index in [2.05, 4.69) is 36.2 Å². The Balaban J connectivity index is 1.64. The number of benzene rings is 1. The van der Waals surface area contributed by atoms with Gasteiger partial charge in [0.25, 0.3) is 0 Å². The van der Waals surface area contributed by atoms with E-state index in [9.17, 15) is 8.42 Å². The summed E-state index contributed by atoms with van der Waals surface area (Å²) < 4.78 is 26.3. The Bertz CT molecular complexity index is 787. The summed E-state index contributed by atoms with van der Waals surface area (Å²) in [7, 11) is -3.05. The van der Waals surface area contributed by atoms with Gasteiger partial charge in [0.1, 0.15) is 0 Å². The molecular weight excluding hydrogens is 320 g/mol. The number of unbranched alkanes of at least 4 members (excludes halogenated alkanes) is 1. The molecule has 0 unspecified atom stereocenters. The fourth-order valence-electron chi connectivity index (χ4n) is 3.73. The van der Waals surface area contributed by atoms with Gasteiger partial charge in [-0.15, -0.1) is 0 Å². The Morgan fingerprint density at radius 2 is 1.92 bits per heavy atom. The third-order valence-corrected chi connectivity index (χ3v) is 7.20. The van der Waals surface area contributed by atoms with Crippen molar-refractivity contribution in [3.63, 3.8) is 0 Å². The van der Waals surface area contributed by atoms with Gasteiger partial charge in [-0.2, -0.15) is 0 Å². The van der Waals surface area contributed by atoms with Gasteiger partial charge in [0.05, 0.1) is 5.75 Å². The van der Waals surface area contributed by atoms with Crippen molar-refractivity contribution < 1.29 is 8.42 Å². The average Bonchev–Trinajstić information content (AvgIpc) is 2.89. The number of fused-ring (bicyclic) bond motifs is 1. The molecule has 24 heavy (non-hydrogen) atoms. The van der Waals surface area contributed by atoms with E-state index in [-0.39, 0.29) is 0 Å². The average molecular weight is 349 g/mol. The highest BCUT2D eigenvalue weighted by molar-refractivity contribution is 7.89. The van der Waals surface area contributed by atoms with Crippen LogP contribution in [0.5, 0.6) is 0 Å². The number of aromatic nitrogens is 1. The van der Waals surface area contributed by atoms with Crippen molar-refractivity contribution in [2.75, 3.05) is 18.8 Å². The van der Waals surface area contributed by atoms with Gasteiger partial charge in [-0.25, -0.2) is 12.7 Å². The number of nitrogens with zero attached hydrogens (tertiary/aromatic N) is 1. The Hall–Kier alpha value is -1.33. The van der Waals surface area contributed by atoms with Gasteiger partial charge in [0.15, 0.2) is 0 Å². The molecule has 0 bridgehead atoms. The third-order valence-electron chi connectivity index (χ3n) is 5.24. The van der Waals surface area contributed by atoms with Crippen molar-refractivity contribution in [3.8, 4) is 0 Å². The molecule has 0 spiro atoms. The molecule has 1 fully saturated rings. The number of hydrogen-bond donors (Lipinski definition) is 1. The van der Waals surface area contributed by atoms with Gasteiger partial charge in [0, 0.05) is 29.7 Å². The van der Waals surface area contributed by atoms with Crippen LogP contribution in [0.15, 0.2) is 24.3 Å². The highest BCUT2D eigenvalue weighted by Gasteiger charge is 2.28. The van der Waals surface area contributed by atoms with Gasteiger partial charge < -0.3 is 4.98 Å². The number of sulfonamides is 1. The van der Waals surface area contributed by atoms with Gasteiger partial charge in [-0.1, -0.05) is 31.5 Å². The monoisotopic (exact) mass is 348 g/mol. The first-order chi connectivity index (χ1) is 11.5. The maximum absolute atomic E-state index is 12.3. The molecule has 0 atom stereocenters. The molecule has 1 aromatic carbocycles. The first-order valence-corrected chi connectivity index (χ1v) is 10.7. The first kappa shape index (κ1) is 17.5. The van der Waals surface area contributed by atoms with E-state index in [1.807, 2.05) is 6.92 Å². The molecule has 2 aromatic rings. The quantitative estimate of drug-likeness (QED) is 0.862. The molecule has 0 radical (unpaired) electrons. The van der Waals surface area contributed by atoms with Crippen molar-refractivity contribution in [1.29, 1.82) is 0 Å². The lowest BCUT2D eigenvalue weighted by Gasteiger charge is -2.31. The molecule has 0 aliphatic carbocycles. The topological polar surface area (TPSA) is 53.2 Å². The minimum atomic E-state index is -3.05. The van der Waals surface area contributed by atoms with Crippen LogP contribution in [0, 0.1) is 12.8 Å². The summed E-state index contributed by atoms with van der Waals surface area (Å²) in [4.78, 5) is 3.47. The predicted octanol–water partition coefficient (Wildman–Crippen LogP) is 3.86. The molecule has 4 nitrogen and oxygen atoms in total. The van der Waals surface area contributed by atoms with Crippen molar-refractivity contribution in [3.05, 3.63) is 35.5 Å².